The summed E-state index contributed by atoms with van der Waals surface area (Å²) in [5.41, 5.74) is 0. The first kappa shape index (κ1) is 2.76. The monoisotopic (exact) mass is 68.1 g/mol. The van der Waals surface area contributed by atoms with E-state index < -0.39 is 0 Å². The van der Waals surface area contributed by atoms with Crippen LogP contribution in [0, 0.1) is 0 Å². The lowest BCUT2D eigenvalue weighted by molar-refractivity contribution is 1.11. The molecule has 0 aromatic rings. The van der Waals surface area contributed by atoms with Gasteiger partial charge in [0, 0.05) is 6.21 Å². The highest BCUT2D eigenvalue weighted by molar-refractivity contribution is 6.38. The third kappa shape index (κ3) is 0.405. The molecule has 2 nitrogen and oxygen atoms in total. The highest BCUT2D eigenvalue weighted by Crippen LogP contribution is 1.74. The van der Waals surface area contributed by atoms with Crippen molar-refractivity contribution in [1.29, 1.82) is 0 Å². The fraction of sp³-hybridized carbons (Fsp3) is 0.500. The van der Waals surface area contributed by atoms with E-state index >= 15 is 0 Å². The van der Waals surface area contributed by atoms with Gasteiger partial charge < -0.3 is 5.34 Å². The number of rotatable bonds is 0. The van der Waals surface area contributed by atoms with Gasteiger partial charge in [0.15, 0.2) is 0 Å². The lowest BCUT2D eigenvalue weighted by atomic mass is 9.94. The van der Waals surface area contributed by atoms with E-state index in [-0.39, 0.29) is 0 Å². The molecule has 0 amide bonds. The molecule has 5 heavy (non-hydrogen) atoms. The summed E-state index contributed by atoms with van der Waals surface area (Å²) < 4.78 is 0. The first-order chi connectivity index (χ1) is 2.50. The van der Waals surface area contributed by atoms with Gasteiger partial charge in [0.1, 0.15) is 0 Å². The van der Waals surface area contributed by atoms with Crippen molar-refractivity contribution < 1.29 is 0 Å². The zero-order chi connectivity index (χ0) is 3.54. The van der Waals surface area contributed by atoms with Crippen LogP contribution in [0.2, 0.25) is 6.32 Å². The third-order valence-corrected chi connectivity index (χ3v) is 0.568. The van der Waals surface area contributed by atoms with Gasteiger partial charge >= 0.3 is 0 Å². The summed E-state index contributed by atoms with van der Waals surface area (Å²) >= 11 is 0. The second kappa shape index (κ2) is 1.10. The van der Waals surface area contributed by atoms with Crippen molar-refractivity contribution in [2.45, 2.75) is 6.32 Å². The lowest BCUT2D eigenvalue weighted by Gasteiger charge is -1.73. The Kier molecular flexibility index (Phi) is 0.609. The molecule has 0 spiro atoms. The van der Waals surface area contributed by atoms with Crippen LogP contribution in [0.25, 0.3) is 0 Å². The van der Waals surface area contributed by atoms with E-state index in [1.165, 1.54) is 0 Å². The molecule has 1 aliphatic heterocycles. The van der Waals surface area contributed by atoms with Crippen LogP contribution in [-0.2, 0) is 0 Å². The van der Waals surface area contributed by atoms with Crippen LogP contribution in [0.1, 0.15) is 0 Å². The standard InChI is InChI=1S/C2H5BN2/c1-2-4-5-3-1/h2-3,5H,1H2. The number of hydrogen-bond acceptors (Lipinski definition) is 2. The minimum absolute atomic E-state index is 1.03. The quantitative estimate of drug-likeness (QED) is 0.374. The van der Waals surface area contributed by atoms with Crippen LogP contribution in [0.3, 0.4) is 0 Å². The van der Waals surface area contributed by atoms with Crippen LogP contribution >= 0.6 is 0 Å². The number of hydrogen-bond donors (Lipinski definition) is 1. The number of hydrazone groups is 1. The minimum atomic E-state index is 1.03. The predicted molar refractivity (Wildman–Crippen MR) is 23.6 cm³/mol. The van der Waals surface area contributed by atoms with Crippen LogP contribution in [-0.4, -0.2) is 13.6 Å². The molecule has 3 heteroatoms. The molecule has 1 heterocycles. The molecule has 1 aliphatic rings. The summed E-state index contributed by atoms with van der Waals surface area (Å²) in [6.07, 6.45) is 2.97. The SMILES string of the molecule is B1CC=NN1. The Balaban J connectivity index is 2.32. The lowest BCUT2D eigenvalue weighted by Crippen LogP contribution is -2.01. The average Bonchev–Trinajstić information content (AvgIpc) is 1.76. The van der Waals surface area contributed by atoms with Gasteiger partial charge in [-0.3, -0.25) is 0 Å². The first-order valence-corrected chi connectivity index (χ1v) is 1.74. The largest absolute Gasteiger partial charge is 0.357 e. The maximum Gasteiger partial charge on any atom is 0.260 e. The van der Waals surface area contributed by atoms with E-state index in [9.17, 15) is 0 Å². The van der Waals surface area contributed by atoms with Crippen molar-refractivity contribution in [1.82, 2.24) is 5.34 Å². The average molecular weight is 67.9 g/mol. The molecule has 0 atom stereocenters. The zero-order valence-electron chi connectivity index (χ0n) is 2.94. The van der Waals surface area contributed by atoms with E-state index in [1.807, 2.05) is 6.21 Å². The maximum absolute atomic E-state index is 3.71. The van der Waals surface area contributed by atoms with Gasteiger partial charge in [0.05, 0.1) is 0 Å². The minimum Gasteiger partial charge on any atom is -0.357 e. The molecule has 0 saturated heterocycles. The van der Waals surface area contributed by atoms with Gasteiger partial charge in [-0.2, -0.15) is 0 Å². The first-order valence-electron chi connectivity index (χ1n) is 1.74. The molecule has 0 radical (unpaired) electrons. The van der Waals surface area contributed by atoms with Crippen LogP contribution < -0.4 is 5.34 Å². The Morgan fingerprint density at radius 2 is 3.00 bits per heavy atom. The summed E-state index contributed by atoms with van der Waals surface area (Å²) in [5.74, 6) is 0. The van der Waals surface area contributed by atoms with Crippen molar-refractivity contribution in [3.05, 3.63) is 0 Å². The fourth-order valence-corrected chi connectivity index (χ4v) is 0.323. The molecule has 1 N–H and O–H groups in total. The molecule has 0 fully saturated rings. The Bertz CT molecular complexity index is 45.6. The second-order valence-electron chi connectivity index (χ2n) is 1.01. The van der Waals surface area contributed by atoms with Crippen molar-refractivity contribution in [3.8, 4) is 0 Å². The third-order valence-electron chi connectivity index (χ3n) is 0.568. The van der Waals surface area contributed by atoms with E-state index in [0.717, 1.165) is 13.7 Å². The molecule has 0 saturated carbocycles. The fourth-order valence-electron chi connectivity index (χ4n) is 0.323. The van der Waals surface area contributed by atoms with Gasteiger partial charge in [-0.05, 0) is 6.32 Å². The van der Waals surface area contributed by atoms with E-state index in [0.29, 0.717) is 0 Å². The van der Waals surface area contributed by atoms with Crippen molar-refractivity contribution in [2.75, 3.05) is 0 Å². The summed E-state index contributed by atoms with van der Waals surface area (Å²) in [7, 11) is 1.03. The highest BCUT2D eigenvalue weighted by Gasteiger charge is 1.87. The molecule has 0 aromatic carbocycles. The molecule has 26 valence electrons. The maximum atomic E-state index is 3.71. The topological polar surface area (TPSA) is 24.4 Å². The number of nitrogens with one attached hydrogen (secondary N) is 1. The Labute approximate surface area is 31.5 Å². The Morgan fingerprint density at radius 1 is 2.00 bits per heavy atom. The molecule has 0 bridgehead atoms. The molecular formula is C2H5BN2. The Hall–Kier alpha value is -0.465. The summed E-state index contributed by atoms with van der Waals surface area (Å²) in [5, 5.41) is 6.50. The van der Waals surface area contributed by atoms with Gasteiger partial charge in [-0.1, -0.05) is 0 Å². The van der Waals surface area contributed by atoms with Crippen molar-refractivity contribution >= 4 is 13.6 Å². The predicted octanol–water partition coefficient (Wildman–Crippen LogP) is -0.655. The Morgan fingerprint density at radius 3 is 3.20 bits per heavy atom. The molecule has 0 aromatic heterocycles. The second-order valence-corrected chi connectivity index (χ2v) is 1.01. The normalized spacial score (nSPS) is 17.6. The van der Waals surface area contributed by atoms with Crippen molar-refractivity contribution in [3.63, 3.8) is 0 Å². The van der Waals surface area contributed by atoms with E-state index in [4.69, 9.17) is 0 Å². The molecule has 1 rings (SSSR count). The zero-order valence-corrected chi connectivity index (χ0v) is 2.94. The van der Waals surface area contributed by atoms with Crippen molar-refractivity contribution in [2.24, 2.45) is 5.10 Å². The summed E-state index contributed by atoms with van der Waals surface area (Å²) in [6.45, 7) is 0. The van der Waals surface area contributed by atoms with Gasteiger partial charge in [-0.25, -0.2) is 5.10 Å². The molecule has 0 aliphatic carbocycles. The van der Waals surface area contributed by atoms with Crippen LogP contribution in [0.15, 0.2) is 5.10 Å². The highest BCUT2D eigenvalue weighted by atomic mass is 15.2. The van der Waals surface area contributed by atoms with Gasteiger partial charge in [0.25, 0.3) is 7.41 Å². The van der Waals surface area contributed by atoms with Gasteiger partial charge in [0.2, 0.25) is 0 Å². The van der Waals surface area contributed by atoms with Crippen LogP contribution in [0.5, 0.6) is 0 Å². The smallest absolute Gasteiger partial charge is 0.260 e. The molecular weight excluding hydrogens is 62.8 g/mol. The summed E-state index contributed by atoms with van der Waals surface area (Å²) in [6, 6.07) is 0. The summed E-state index contributed by atoms with van der Waals surface area (Å²) in [4.78, 5) is 0. The van der Waals surface area contributed by atoms with Gasteiger partial charge in [-0.15, -0.1) is 0 Å². The van der Waals surface area contributed by atoms with E-state index in [1.54, 1.807) is 0 Å². The van der Waals surface area contributed by atoms with E-state index in [2.05, 4.69) is 10.4 Å². The van der Waals surface area contributed by atoms with Crippen LogP contribution in [0.4, 0.5) is 0 Å². The number of nitrogens with zero attached hydrogens (tertiary/aromatic N) is 1. The molecule has 0 unspecified atom stereocenters.